The Kier molecular flexibility index (Phi) is 5.47. The third-order valence-corrected chi connectivity index (χ3v) is 3.36. The molecule has 22 heavy (non-hydrogen) atoms. The SMILES string of the molecule is CCC(C)Nc1ccc(NC(=O)Cc2ccccc2F)cn1. The number of carbonyl (C=O) groups is 1. The van der Waals surface area contributed by atoms with Crippen molar-refractivity contribution >= 4 is 17.4 Å². The lowest BCUT2D eigenvalue weighted by Crippen LogP contribution is -2.16. The van der Waals surface area contributed by atoms with Crippen molar-refractivity contribution < 1.29 is 9.18 Å². The summed E-state index contributed by atoms with van der Waals surface area (Å²) >= 11 is 0. The van der Waals surface area contributed by atoms with Crippen LogP contribution in [0.15, 0.2) is 42.6 Å². The molecule has 1 amide bonds. The third kappa shape index (κ3) is 4.55. The summed E-state index contributed by atoms with van der Waals surface area (Å²) in [6.07, 6.45) is 2.59. The summed E-state index contributed by atoms with van der Waals surface area (Å²) < 4.78 is 13.5. The lowest BCUT2D eigenvalue weighted by Gasteiger charge is -2.12. The number of nitrogens with zero attached hydrogens (tertiary/aromatic N) is 1. The van der Waals surface area contributed by atoms with Crippen LogP contribution in [0.1, 0.15) is 25.8 Å². The number of aromatic nitrogens is 1. The first-order valence-electron chi connectivity index (χ1n) is 7.34. The molecule has 4 nitrogen and oxygen atoms in total. The van der Waals surface area contributed by atoms with Crippen molar-refractivity contribution in [2.75, 3.05) is 10.6 Å². The molecule has 1 heterocycles. The first-order valence-corrected chi connectivity index (χ1v) is 7.34. The van der Waals surface area contributed by atoms with Crippen molar-refractivity contribution in [1.29, 1.82) is 0 Å². The van der Waals surface area contributed by atoms with E-state index in [1.807, 2.05) is 6.07 Å². The van der Waals surface area contributed by atoms with E-state index in [-0.39, 0.29) is 18.1 Å². The molecule has 0 saturated carbocycles. The standard InChI is InChI=1S/C17H20FN3O/c1-3-12(2)20-16-9-8-14(11-19-16)21-17(22)10-13-6-4-5-7-15(13)18/h4-9,11-12H,3,10H2,1-2H3,(H,19,20)(H,21,22). The van der Waals surface area contributed by atoms with Gasteiger partial charge in [0.2, 0.25) is 5.91 Å². The summed E-state index contributed by atoms with van der Waals surface area (Å²) in [5.74, 6) is 0.125. The summed E-state index contributed by atoms with van der Waals surface area (Å²) in [7, 11) is 0. The predicted molar refractivity (Wildman–Crippen MR) is 86.3 cm³/mol. The van der Waals surface area contributed by atoms with E-state index in [4.69, 9.17) is 0 Å². The summed E-state index contributed by atoms with van der Waals surface area (Å²) in [6.45, 7) is 4.17. The molecule has 5 heteroatoms. The van der Waals surface area contributed by atoms with Gasteiger partial charge in [0.25, 0.3) is 0 Å². The second-order valence-electron chi connectivity index (χ2n) is 5.20. The lowest BCUT2D eigenvalue weighted by atomic mass is 10.1. The second-order valence-corrected chi connectivity index (χ2v) is 5.20. The minimum Gasteiger partial charge on any atom is -0.368 e. The number of amides is 1. The van der Waals surface area contributed by atoms with Gasteiger partial charge < -0.3 is 10.6 Å². The van der Waals surface area contributed by atoms with E-state index in [0.29, 0.717) is 17.3 Å². The van der Waals surface area contributed by atoms with E-state index in [9.17, 15) is 9.18 Å². The molecule has 2 N–H and O–H groups in total. The molecule has 2 aromatic rings. The molecular weight excluding hydrogens is 281 g/mol. The Labute approximate surface area is 129 Å². The Hall–Kier alpha value is -2.43. The number of anilines is 2. The van der Waals surface area contributed by atoms with Crippen molar-refractivity contribution in [1.82, 2.24) is 4.98 Å². The normalized spacial score (nSPS) is 11.8. The van der Waals surface area contributed by atoms with Crippen molar-refractivity contribution in [3.05, 3.63) is 54.0 Å². The van der Waals surface area contributed by atoms with Crippen LogP contribution in [0.2, 0.25) is 0 Å². The van der Waals surface area contributed by atoms with Crippen LogP contribution in [0.5, 0.6) is 0 Å². The molecule has 0 spiro atoms. The smallest absolute Gasteiger partial charge is 0.228 e. The van der Waals surface area contributed by atoms with Crippen LogP contribution in [0.25, 0.3) is 0 Å². The Morgan fingerprint density at radius 3 is 2.68 bits per heavy atom. The fourth-order valence-electron chi connectivity index (χ4n) is 1.93. The van der Waals surface area contributed by atoms with E-state index < -0.39 is 0 Å². The van der Waals surface area contributed by atoms with E-state index in [2.05, 4.69) is 29.5 Å². The Bertz CT molecular complexity index is 628. The van der Waals surface area contributed by atoms with E-state index in [1.54, 1.807) is 30.5 Å². The van der Waals surface area contributed by atoms with Crippen LogP contribution in [-0.4, -0.2) is 16.9 Å². The van der Waals surface area contributed by atoms with Crippen molar-refractivity contribution in [3.63, 3.8) is 0 Å². The fourth-order valence-corrected chi connectivity index (χ4v) is 1.93. The number of pyridine rings is 1. The van der Waals surface area contributed by atoms with Gasteiger partial charge in [-0.3, -0.25) is 4.79 Å². The van der Waals surface area contributed by atoms with Gasteiger partial charge in [-0.1, -0.05) is 25.1 Å². The highest BCUT2D eigenvalue weighted by molar-refractivity contribution is 5.92. The maximum absolute atomic E-state index is 13.5. The Morgan fingerprint density at radius 1 is 1.27 bits per heavy atom. The summed E-state index contributed by atoms with van der Waals surface area (Å²) in [5, 5.41) is 5.96. The largest absolute Gasteiger partial charge is 0.368 e. The molecule has 1 aromatic carbocycles. The topological polar surface area (TPSA) is 54.0 Å². The number of benzene rings is 1. The van der Waals surface area contributed by atoms with Gasteiger partial charge in [0.1, 0.15) is 11.6 Å². The van der Waals surface area contributed by atoms with Crippen LogP contribution in [0, 0.1) is 5.82 Å². The Morgan fingerprint density at radius 2 is 2.05 bits per heavy atom. The van der Waals surface area contributed by atoms with Crippen molar-refractivity contribution in [3.8, 4) is 0 Å². The summed E-state index contributed by atoms with van der Waals surface area (Å²) in [6, 6.07) is 10.2. The second kappa shape index (κ2) is 7.54. The zero-order valence-electron chi connectivity index (χ0n) is 12.8. The first kappa shape index (κ1) is 15.9. The van der Waals surface area contributed by atoms with Crippen molar-refractivity contribution in [2.24, 2.45) is 0 Å². The maximum atomic E-state index is 13.5. The number of hydrogen-bond acceptors (Lipinski definition) is 3. The van der Waals surface area contributed by atoms with Crippen LogP contribution < -0.4 is 10.6 Å². The van der Waals surface area contributed by atoms with Gasteiger partial charge in [-0.2, -0.15) is 0 Å². The maximum Gasteiger partial charge on any atom is 0.228 e. The molecule has 116 valence electrons. The summed E-state index contributed by atoms with van der Waals surface area (Å²) in [4.78, 5) is 16.2. The molecule has 0 saturated heterocycles. The third-order valence-electron chi connectivity index (χ3n) is 3.36. The quantitative estimate of drug-likeness (QED) is 0.857. The molecule has 0 fully saturated rings. The molecule has 0 bridgehead atoms. The van der Waals surface area contributed by atoms with Crippen LogP contribution in [0.4, 0.5) is 15.9 Å². The average molecular weight is 301 g/mol. The Balaban J connectivity index is 1.93. The van der Waals surface area contributed by atoms with Gasteiger partial charge in [0.05, 0.1) is 18.3 Å². The highest BCUT2D eigenvalue weighted by atomic mass is 19.1. The number of nitrogens with one attached hydrogen (secondary N) is 2. The van der Waals surface area contributed by atoms with Crippen LogP contribution in [0.3, 0.4) is 0 Å². The zero-order valence-corrected chi connectivity index (χ0v) is 12.8. The predicted octanol–water partition coefficient (Wildman–Crippen LogP) is 3.61. The molecule has 0 aliphatic rings. The van der Waals surface area contributed by atoms with Crippen molar-refractivity contribution in [2.45, 2.75) is 32.7 Å². The summed E-state index contributed by atoms with van der Waals surface area (Å²) in [5.41, 5.74) is 0.971. The number of halogens is 1. The molecular formula is C17H20FN3O. The minimum atomic E-state index is -0.371. The van der Waals surface area contributed by atoms with Gasteiger partial charge >= 0.3 is 0 Å². The molecule has 1 aromatic heterocycles. The van der Waals surface area contributed by atoms with Crippen LogP contribution in [-0.2, 0) is 11.2 Å². The van der Waals surface area contributed by atoms with E-state index in [0.717, 1.165) is 12.2 Å². The average Bonchev–Trinajstić information content (AvgIpc) is 2.51. The lowest BCUT2D eigenvalue weighted by molar-refractivity contribution is -0.115. The molecule has 2 rings (SSSR count). The van der Waals surface area contributed by atoms with Gasteiger partial charge in [0.15, 0.2) is 0 Å². The van der Waals surface area contributed by atoms with Gasteiger partial charge in [-0.05, 0) is 37.1 Å². The zero-order chi connectivity index (χ0) is 15.9. The van der Waals surface area contributed by atoms with Crippen LogP contribution >= 0.6 is 0 Å². The van der Waals surface area contributed by atoms with Gasteiger partial charge in [-0.15, -0.1) is 0 Å². The highest BCUT2D eigenvalue weighted by Crippen LogP contribution is 2.13. The van der Waals surface area contributed by atoms with E-state index in [1.165, 1.54) is 6.07 Å². The number of carbonyl (C=O) groups excluding carboxylic acids is 1. The highest BCUT2D eigenvalue weighted by Gasteiger charge is 2.08. The molecule has 0 aliphatic carbocycles. The molecule has 1 unspecified atom stereocenters. The minimum absolute atomic E-state index is 0.000453. The first-order chi connectivity index (χ1) is 10.6. The van der Waals surface area contributed by atoms with Gasteiger partial charge in [-0.25, -0.2) is 9.37 Å². The number of rotatable bonds is 6. The molecule has 1 atom stereocenters. The molecule has 0 aliphatic heterocycles. The fraction of sp³-hybridized carbons (Fsp3) is 0.294. The molecule has 0 radical (unpaired) electrons. The van der Waals surface area contributed by atoms with E-state index >= 15 is 0 Å². The monoisotopic (exact) mass is 301 g/mol. The van der Waals surface area contributed by atoms with Gasteiger partial charge in [0, 0.05) is 6.04 Å². The number of hydrogen-bond donors (Lipinski definition) is 2.